The van der Waals surface area contributed by atoms with E-state index in [0.717, 1.165) is 17.7 Å². The second-order valence-corrected chi connectivity index (χ2v) is 4.07. The van der Waals surface area contributed by atoms with Gasteiger partial charge < -0.3 is 15.8 Å². The third-order valence-corrected chi connectivity index (χ3v) is 2.51. The van der Waals surface area contributed by atoms with Crippen molar-refractivity contribution in [3.8, 4) is 5.75 Å². The highest BCUT2D eigenvalue weighted by Gasteiger charge is 2.07. The summed E-state index contributed by atoms with van der Waals surface area (Å²) in [4.78, 5) is 11.7. The Labute approximate surface area is 102 Å². The summed E-state index contributed by atoms with van der Waals surface area (Å²) in [5, 5.41) is 2.91. The third-order valence-electron chi connectivity index (χ3n) is 2.51. The van der Waals surface area contributed by atoms with Crippen LogP contribution in [-0.2, 0) is 11.2 Å². The maximum atomic E-state index is 11.7. The fourth-order valence-electron chi connectivity index (χ4n) is 1.62. The molecule has 0 bridgehead atoms. The summed E-state index contributed by atoms with van der Waals surface area (Å²) >= 11 is 0. The summed E-state index contributed by atoms with van der Waals surface area (Å²) in [6.07, 6.45) is 1.16. The molecule has 1 unspecified atom stereocenters. The van der Waals surface area contributed by atoms with Gasteiger partial charge in [0, 0.05) is 6.04 Å². The number of carbonyl (C=O) groups is 1. The van der Waals surface area contributed by atoms with E-state index in [9.17, 15) is 4.79 Å². The van der Waals surface area contributed by atoms with Gasteiger partial charge in [0.2, 0.25) is 5.91 Å². The van der Waals surface area contributed by atoms with Crippen LogP contribution in [0.1, 0.15) is 18.9 Å². The molecule has 1 aromatic rings. The van der Waals surface area contributed by atoms with Crippen molar-refractivity contribution in [3.05, 3.63) is 29.8 Å². The summed E-state index contributed by atoms with van der Waals surface area (Å²) in [6, 6.07) is 7.64. The molecule has 0 saturated carbocycles. The van der Waals surface area contributed by atoms with Crippen molar-refractivity contribution >= 4 is 5.91 Å². The zero-order valence-corrected chi connectivity index (χ0v) is 10.4. The highest BCUT2D eigenvalue weighted by Crippen LogP contribution is 2.12. The monoisotopic (exact) mass is 236 g/mol. The zero-order valence-electron chi connectivity index (χ0n) is 10.4. The molecule has 17 heavy (non-hydrogen) atoms. The summed E-state index contributed by atoms with van der Waals surface area (Å²) in [5.74, 6) is 0.782. The highest BCUT2D eigenvalue weighted by molar-refractivity contribution is 5.78. The average molecular weight is 236 g/mol. The third kappa shape index (κ3) is 4.87. The van der Waals surface area contributed by atoms with E-state index in [1.54, 1.807) is 7.11 Å². The van der Waals surface area contributed by atoms with Crippen molar-refractivity contribution < 1.29 is 9.53 Å². The number of ether oxygens (including phenoxy) is 1. The minimum atomic E-state index is 0.0132. The van der Waals surface area contributed by atoms with E-state index >= 15 is 0 Å². The van der Waals surface area contributed by atoms with Crippen LogP contribution in [0.25, 0.3) is 0 Å². The number of methoxy groups -OCH3 is 1. The topological polar surface area (TPSA) is 64.3 Å². The van der Waals surface area contributed by atoms with Gasteiger partial charge in [-0.2, -0.15) is 0 Å². The van der Waals surface area contributed by atoms with Gasteiger partial charge in [-0.3, -0.25) is 4.79 Å². The van der Waals surface area contributed by atoms with E-state index in [-0.39, 0.29) is 11.9 Å². The SMILES string of the molecule is COc1cccc(CC(=O)NC(C)CCN)c1. The van der Waals surface area contributed by atoms with Crippen LogP contribution in [0, 0.1) is 0 Å². The molecule has 3 N–H and O–H groups in total. The fraction of sp³-hybridized carbons (Fsp3) is 0.462. The number of carbonyl (C=O) groups excluding carboxylic acids is 1. The van der Waals surface area contributed by atoms with Crippen molar-refractivity contribution in [3.63, 3.8) is 0 Å². The Morgan fingerprint density at radius 1 is 1.53 bits per heavy atom. The molecule has 1 aromatic carbocycles. The molecule has 94 valence electrons. The van der Waals surface area contributed by atoms with Gasteiger partial charge in [-0.15, -0.1) is 0 Å². The Bertz CT molecular complexity index is 366. The first-order chi connectivity index (χ1) is 8.15. The van der Waals surface area contributed by atoms with Crippen LogP contribution < -0.4 is 15.8 Å². The molecule has 1 rings (SSSR count). The Kier molecular flexibility index (Phi) is 5.49. The average Bonchev–Trinajstić information content (AvgIpc) is 2.29. The van der Waals surface area contributed by atoms with Crippen LogP contribution >= 0.6 is 0 Å². The molecule has 0 aliphatic rings. The maximum Gasteiger partial charge on any atom is 0.224 e. The Balaban J connectivity index is 2.49. The van der Waals surface area contributed by atoms with Crippen molar-refractivity contribution in [1.29, 1.82) is 0 Å². The molecule has 1 amide bonds. The molecule has 4 nitrogen and oxygen atoms in total. The molecular weight excluding hydrogens is 216 g/mol. The van der Waals surface area contributed by atoms with Crippen LogP contribution in [0.15, 0.2) is 24.3 Å². The molecule has 0 heterocycles. The van der Waals surface area contributed by atoms with Gasteiger partial charge in [0.1, 0.15) is 5.75 Å². The number of benzene rings is 1. The van der Waals surface area contributed by atoms with Gasteiger partial charge in [-0.05, 0) is 37.6 Å². The highest BCUT2D eigenvalue weighted by atomic mass is 16.5. The largest absolute Gasteiger partial charge is 0.497 e. The second kappa shape index (κ2) is 6.91. The van der Waals surface area contributed by atoms with Crippen LogP contribution in [0.3, 0.4) is 0 Å². The minimum absolute atomic E-state index is 0.0132. The minimum Gasteiger partial charge on any atom is -0.497 e. The van der Waals surface area contributed by atoms with Crippen molar-refractivity contribution in [2.24, 2.45) is 5.73 Å². The van der Waals surface area contributed by atoms with E-state index in [1.807, 2.05) is 31.2 Å². The van der Waals surface area contributed by atoms with Crippen LogP contribution in [0.2, 0.25) is 0 Å². The molecule has 0 fully saturated rings. The Morgan fingerprint density at radius 3 is 2.94 bits per heavy atom. The fourth-order valence-corrected chi connectivity index (χ4v) is 1.62. The summed E-state index contributed by atoms with van der Waals surface area (Å²) < 4.78 is 5.11. The second-order valence-electron chi connectivity index (χ2n) is 4.07. The first-order valence-electron chi connectivity index (χ1n) is 5.78. The maximum absolute atomic E-state index is 11.7. The lowest BCUT2D eigenvalue weighted by Crippen LogP contribution is -2.35. The van der Waals surface area contributed by atoms with E-state index < -0.39 is 0 Å². The van der Waals surface area contributed by atoms with Crippen LogP contribution in [-0.4, -0.2) is 25.6 Å². The summed E-state index contributed by atoms with van der Waals surface area (Å²) in [5.41, 5.74) is 6.37. The molecule has 0 aliphatic heterocycles. The molecule has 0 spiro atoms. The molecular formula is C13H20N2O2. The van der Waals surface area contributed by atoms with Crippen molar-refractivity contribution in [1.82, 2.24) is 5.32 Å². The van der Waals surface area contributed by atoms with Crippen LogP contribution in [0.5, 0.6) is 5.75 Å². The number of nitrogens with two attached hydrogens (primary N) is 1. The number of hydrogen-bond donors (Lipinski definition) is 2. The number of amides is 1. The molecule has 0 aliphatic carbocycles. The lowest BCUT2D eigenvalue weighted by atomic mass is 10.1. The van der Waals surface area contributed by atoms with Gasteiger partial charge in [0.05, 0.1) is 13.5 Å². The molecule has 0 radical (unpaired) electrons. The normalized spacial score (nSPS) is 11.9. The first kappa shape index (κ1) is 13.5. The van der Waals surface area contributed by atoms with Gasteiger partial charge in [0.25, 0.3) is 0 Å². The van der Waals surface area contributed by atoms with Gasteiger partial charge in [-0.25, -0.2) is 0 Å². The predicted molar refractivity (Wildman–Crippen MR) is 68.0 cm³/mol. The van der Waals surface area contributed by atoms with Crippen molar-refractivity contribution in [2.45, 2.75) is 25.8 Å². The number of rotatable bonds is 6. The smallest absolute Gasteiger partial charge is 0.224 e. The predicted octanol–water partition coefficient (Wildman–Crippen LogP) is 1.09. The zero-order chi connectivity index (χ0) is 12.7. The molecule has 0 aromatic heterocycles. The Hall–Kier alpha value is -1.55. The number of hydrogen-bond acceptors (Lipinski definition) is 3. The van der Waals surface area contributed by atoms with Gasteiger partial charge >= 0.3 is 0 Å². The Morgan fingerprint density at radius 2 is 2.29 bits per heavy atom. The lowest BCUT2D eigenvalue weighted by molar-refractivity contribution is -0.121. The summed E-state index contributed by atoms with van der Waals surface area (Å²) in [7, 11) is 1.61. The van der Waals surface area contributed by atoms with E-state index in [1.165, 1.54) is 0 Å². The van der Waals surface area contributed by atoms with E-state index in [2.05, 4.69) is 5.32 Å². The molecule has 4 heteroatoms. The van der Waals surface area contributed by atoms with Gasteiger partial charge in [-0.1, -0.05) is 12.1 Å². The quantitative estimate of drug-likeness (QED) is 0.777. The standard InChI is InChI=1S/C13H20N2O2/c1-10(6-7-14)15-13(16)9-11-4-3-5-12(8-11)17-2/h3-5,8,10H,6-7,9,14H2,1-2H3,(H,15,16). The number of nitrogens with one attached hydrogen (secondary N) is 1. The molecule has 1 atom stereocenters. The summed E-state index contributed by atoms with van der Waals surface area (Å²) in [6.45, 7) is 2.54. The van der Waals surface area contributed by atoms with Crippen molar-refractivity contribution in [2.75, 3.05) is 13.7 Å². The van der Waals surface area contributed by atoms with E-state index in [0.29, 0.717) is 13.0 Å². The van der Waals surface area contributed by atoms with Gasteiger partial charge in [0.15, 0.2) is 0 Å². The first-order valence-corrected chi connectivity index (χ1v) is 5.78. The lowest BCUT2D eigenvalue weighted by Gasteiger charge is -2.12. The molecule has 0 saturated heterocycles. The van der Waals surface area contributed by atoms with E-state index in [4.69, 9.17) is 10.5 Å². The van der Waals surface area contributed by atoms with Crippen LogP contribution in [0.4, 0.5) is 0 Å².